The third kappa shape index (κ3) is 3.76. The topological polar surface area (TPSA) is 64.4 Å². The smallest absolute Gasteiger partial charge is 0.255 e. The third-order valence-corrected chi connectivity index (χ3v) is 4.92. The largest absolute Gasteiger partial charge is 0.484 e. The number of hydrogen-bond donors (Lipinski definition) is 2. The minimum atomic E-state index is -0.452. The van der Waals surface area contributed by atoms with E-state index in [1.54, 1.807) is 0 Å². The molecule has 0 saturated heterocycles. The van der Waals surface area contributed by atoms with Crippen molar-refractivity contribution < 1.29 is 9.53 Å². The molecule has 2 aliphatic rings. The number of rotatable bonds is 7. The molecule has 1 aromatic carbocycles. The van der Waals surface area contributed by atoms with Gasteiger partial charge in [-0.25, -0.2) is 0 Å². The van der Waals surface area contributed by atoms with Crippen LogP contribution < -0.4 is 15.8 Å². The summed E-state index contributed by atoms with van der Waals surface area (Å²) in [6.45, 7) is 1.97. The van der Waals surface area contributed by atoms with Crippen molar-refractivity contribution in [1.29, 1.82) is 0 Å². The van der Waals surface area contributed by atoms with Gasteiger partial charge in [-0.15, -0.1) is 0 Å². The van der Waals surface area contributed by atoms with Crippen LogP contribution in [0.4, 0.5) is 0 Å². The minimum Gasteiger partial charge on any atom is -0.484 e. The van der Waals surface area contributed by atoms with Crippen LogP contribution in [-0.4, -0.2) is 19.1 Å². The Balaban J connectivity index is 1.40. The van der Waals surface area contributed by atoms with Gasteiger partial charge in [-0.2, -0.15) is 0 Å². The van der Waals surface area contributed by atoms with Crippen molar-refractivity contribution in [1.82, 2.24) is 5.32 Å². The average Bonchev–Trinajstić information content (AvgIpc) is 3.09. The van der Waals surface area contributed by atoms with Crippen LogP contribution in [0.1, 0.15) is 31.2 Å². The fraction of sp³-hybridized carbons (Fsp3) is 0.588. The molecule has 4 nitrogen and oxygen atoms in total. The van der Waals surface area contributed by atoms with Crippen LogP contribution >= 0.6 is 0 Å². The van der Waals surface area contributed by atoms with Crippen LogP contribution in [0.2, 0.25) is 0 Å². The predicted molar refractivity (Wildman–Crippen MR) is 81.8 cm³/mol. The summed E-state index contributed by atoms with van der Waals surface area (Å²) in [6.07, 6.45) is 5.81. The number of benzene rings is 1. The number of primary amides is 1. The van der Waals surface area contributed by atoms with Crippen LogP contribution in [-0.2, 0) is 11.3 Å². The molecule has 3 atom stereocenters. The Bertz CT molecular complexity index is 486. The fourth-order valence-electron chi connectivity index (χ4n) is 3.89. The first kappa shape index (κ1) is 14.4. The summed E-state index contributed by atoms with van der Waals surface area (Å²) in [5.41, 5.74) is 6.29. The SMILES string of the molecule is NC(=O)COc1ccc(CNCC2CC3CCC2C3)cc1. The molecular weight excluding hydrogens is 264 g/mol. The molecule has 3 unspecified atom stereocenters. The molecule has 0 aromatic heterocycles. The second-order valence-electron chi connectivity index (χ2n) is 6.46. The second-order valence-corrected chi connectivity index (χ2v) is 6.46. The molecule has 2 bridgehead atoms. The molecule has 21 heavy (non-hydrogen) atoms. The first-order valence-electron chi connectivity index (χ1n) is 7.91. The van der Waals surface area contributed by atoms with Crippen LogP contribution in [0.5, 0.6) is 5.75 Å². The number of nitrogens with two attached hydrogens (primary N) is 1. The zero-order valence-corrected chi connectivity index (χ0v) is 12.4. The molecule has 114 valence electrons. The number of fused-ring (bicyclic) bond motifs is 2. The lowest BCUT2D eigenvalue weighted by Gasteiger charge is -2.21. The van der Waals surface area contributed by atoms with E-state index in [0.717, 1.165) is 30.8 Å². The second kappa shape index (κ2) is 6.48. The molecule has 4 heteroatoms. The summed E-state index contributed by atoms with van der Waals surface area (Å²) in [5, 5.41) is 3.58. The Morgan fingerprint density at radius 2 is 2.05 bits per heavy atom. The molecule has 0 aliphatic heterocycles. The summed E-state index contributed by atoms with van der Waals surface area (Å²) in [7, 11) is 0. The third-order valence-electron chi connectivity index (χ3n) is 4.92. The van der Waals surface area contributed by atoms with E-state index < -0.39 is 5.91 Å². The monoisotopic (exact) mass is 288 g/mol. The minimum absolute atomic E-state index is 0.0676. The average molecular weight is 288 g/mol. The van der Waals surface area contributed by atoms with Crippen molar-refractivity contribution in [3.05, 3.63) is 29.8 Å². The Morgan fingerprint density at radius 1 is 1.24 bits per heavy atom. The van der Waals surface area contributed by atoms with Gasteiger partial charge in [0.25, 0.3) is 5.91 Å². The zero-order valence-electron chi connectivity index (χ0n) is 12.4. The van der Waals surface area contributed by atoms with Gasteiger partial charge in [0.2, 0.25) is 0 Å². The first-order valence-corrected chi connectivity index (χ1v) is 7.91. The highest BCUT2D eigenvalue weighted by atomic mass is 16.5. The summed E-state index contributed by atoms with van der Waals surface area (Å²) < 4.78 is 5.25. The van der Waals surface area contributed by atoms with Crippen molar-refractivity contribution in [2.45, 2.75) is 32.2 Å². The quantitative estimate of drug-likeness (QED) is 0.807. The molecular formula is C17H24N2O2. The Morgan fingerprint density at radius 3 is 2.67 bits per heavy atom. The van der Waals surface area contributed by atoms with Crippen molar-refractivity contribution in [3.8, 4) is 5.75 Å². The van der Waals surface area contributed by atoms with Crippen LogP contribution in [0, 0.1) is 17.8 Å². The highest BCUT2D eigenvalue weighted by molar-refractivity contribution is 5.75. The molecule has 0 radical (unpaired) electrons. The van der Waals surface area contributed by atoms with Crippen molar-refractivity contribution >= 4 is 5.91 Å². The fourth-order valence-corrected chi connectivity index (χ4v) is 3.89. The van der Waals surface area contributed by atoms with E-state index in [1.165, 1.54) is 31.2 Å². The molecule has 0 heterocycles. The predicted octanol–water partition coefficient (Wildman–Crippen LogP) is 2.08. The summed E-state index contributed by atoms with van der Waals surface area (Å²) >= 11 is 0. The Labute approximate surface area is 126 Å². The number of nitrogens with one attached hydrogen (secondary N) is 1. The van der Waals surface area contributed by atoms with Gasteiger partial charge >= 0.3 is 0 Å². The maximum absolute atomic E-state index is 10.6. The number of carbonyl (C=O) groups is 1. The summed E-state index contributed by atoms with van der Waals surface area (Å²) in [6, 6.07) is 7.84. The van der Waals surface area contributed by atoms with Gasteiger partial charge in [0.15, 0.2) is 6.61 Å². The number of amides is 1. The van der Waals surface area contributed by atoms with Crippen LogP contribution in [0.15, 0.2) is 24.3 Å². The van der Waals surface area contributed by atoms with Gasteiger partial charge < -0.3 is 15.8 Å². The van der Waals surface area contributed by atoms with E-state index in [2.05, 4.69) is 5.32 Å². The standard InChI is InChI=1S/C17H24N2O2/c18-17(20)11-21-16-5-2-12(3-6-16)9-19-10-15-8-13-1-4-14(15)7-13/h2-3,5-6,13-15,19H,1,4,7-11H2,(H2,18,20). The molecule has 0 spiro atoms. The lowest BCUT2D eigenvalue weighted by Crippen LogP contribution is -2.26. The lowest BCUT2D eigenvalue weighted by atomic mass is 9.89. The van der Waals surface area contributed by atoms with Gasteiger partial charge in [0.1, 0.15) is 5.75 Å². The molecule has 1 aromatic rings. The highest BCUT2D eigenvalue weighted by Gasteiger charge is 2.38. The first-order chi connectivity index (χ1) is 10.2. The molecule has 2 aliphatic carbocycles. The molecule has 3 rings (SSSR count). The van der Waals surface area contributed by atoms with Gasteiger partial charge in [0, 0.05) is 6.54 Å². The van der Waals surface area contributed by atoms with Gasteiger partial charge in [-0.05, 0) is 61.3 Å². The normalized spacial score (nSPS) is 27.0. The molecule has 2 saturated carbocycles. The number of ether oxygens (including phenoxy) is 1. The number of carbonyl (C=O) groups excluding carboxylic acids is 1. The van der Waals surface area contributed by atoms with Crippen LogP contribution in [0.3, 0.4) is 0 Å². The zero-order chi connectivity index (χ0) is 14.7. The Hall–Kier alpha value is -1.55. The van der Waals surface area contributed by atoms with Crippen LogP contribution in [0.25, 0.3) is 0 Å². The molecule has 3 N–H and O–H groups in total. The van der Waals surface area contributed by atoms with E-state index in [9.17, 15) is 4.79 Å². The number of hydrogen-bond acceptors (Lipinski definition) is 3. The van der Waals surface area contributed by atoms with E-state index in [0.29, 0.717) is 5.75 Å². The molecule has 2 fully saturated rings. The van der Waals surface area contributed by atoms with Crippen molar-refractivity contribution in [3.63, 3.8) is 0 Å². The Kier molecular flexibility index (Phi) is 4.44. The van der Waals surface area contributed by atoms with Gasteiger partial charge in [-0.1, -0.05) is 18.6 Å². The maximum Gasteiger partial charge on any atom is 0.255 e. The van der Waals surface area contributed by atoms with Gasteiger partial charge in [-0.3, -0.25) is 4.79 Å². The molecule has 1 amide bonds. The van der Waals surface area contributed by atoms with E-state index in [-0.39, 0.29) is 6.61 Å². The lowest BCUT2D eigenvalue weighted by molar-refractivity contribution is -0.119. The maximum atomic E-state index is 10.6. The van der Waals surface area contributed by atoms with Crippen molar-refractivity contribution in [2.75, 3.05) is 13.2 Å². The summed E-state index contributed by atoms with van der Waals surface area (Å²) in [5.74, 6) is 3.12. The van der Waals surface area contributed by atoms with Crippen molar-refractivity contribution in [2.24, 2.45) is 23.5 Å². The van der Waals surface area contributed by atoms with E-state index >= 15 is 0 Å². The summed E-state index contributed by atoms with van der Waals surface area (Å²) in [4.78, 5) is 10.6. The van der Waals surface area contributed by atoms with E-state index in [4.69, 9.17) is 10.5 Å². The van der Waals surface area contributed by atoms with E-state index in [1.807, 2.05) is 24.3 Å². The highest BCUT2D eigenvalue weighted by Crippen LogP contribution is 2.47. The van der Waals surface area contributed by atoms with Gasteiger partial charge in [0.05, 0.1) is 0 Å².